The lowest BCUT2D eigenvalue weighted by atomic mass is 9.44. The molecule has 1 aromatic carbocycles. The Balaban J connectivity index is 1.13. The molecule has 0 spiro atoms. The molecule has 2 heterocycles. The molecule has 0 aromatic heterocycles. The first-order chi connectivity index (χ1) is 30.1. The molecule has 4 saturated carbocycles. The largest absolute Gasteiger partial charge is 0.497 e. The fraction of sp³-hybridized carbons (Fsp3) is 0.837. The average Bonchev–Trinajstić information content (AvgIpc) is 3.56. The number of aliphatic hydroxyl groups excluding tert-OH is 4. The van der Waals surface area contributed by atoms with Crippen molar-refractivity contribution in [2.24, 2.45) is 52.3 Å². The first kappa shape index (κ1) is 48.5. The van der Waals surface area contributed by atoms with E-state index in [2.05, 4.69) is 39.9 Å². The van der Waals surface area contributed by atoms with E-state index in [4.69, 9.17) is 33.2 Å². The highest BCUT2D eigenvalue weighted by atomic mass is 16.7. The number of carbonyl (C=O) groups is 2. The van der Waals surface area contributed by atoms with E-state index in [9.17, 15) is 30.0 Å². The molecule has 63 heavy (non-hydrogen) atoms. The van der Waals surface area contributed by atoms with Crippen LogP contribution in [-0.2, 0) is 33.2 Å². The van der Waals surface area contributed by atoms with Crippen LogP contribution in [-0.4, -0.2) is 127 Å². The monoisotopic (exact) mass is 888 g/mol. The molecule has 0 amide bonds. The number of nitrogens with one attached hydrogen (secondary N) is 1. The van der Waals surface area contributed by atoms with Gasteiger partial charge in [0.25, 0.3) is 0 Å². The molecule has 5 N–H and O–H groups in total. The van der Waals surface area contributed by atoms with Crippen LogP contribution in [0.3, 0.4) is 0 Å². The molecule has 0 bridgehead atoms. The quantitative estimate of drug-likeness (QED) is 0.133. The van der Waals surface area contributed by atoms with Crippen LogP contribution in [0.2, 0.25) is 0 Å². The molecule has 19 atom stereocenters. The van der Waals surface area contributed by atoms with E-state index in [0.29, 0.717) is 41.3 Å². The van der Waals surface area contributed by atoms with Gasteiger partial charge in [-0.1, -0.05) is 47.5 Å². The molecule has 2 aliphatic heterocycles. The van der Waals surface area contributed by atoms with Gasteiger partial charge in [0.1, 0.15) is 30.2 Å². The summed E-state index contributed by atoms with van der Waals surface area (Å²) in [6.07, 6.45) is 0.263. The number of methoxy groups -OCH3 is 1. The summed E-state index contributed by atoms with van der Waals surface area (Å²) in [7, 11) is 1.51. The second-order valence-corrected chi connectivity index (χ2v) is 20.7. The maximum atomic E-state index is 13.3. The second-order valence-electron chi connectivity index (χ2n) is 20.7. The van der Waals surface area contributed by atoms with Crippen molar-refractivity contribution < 1.29 is 63.2 Å². The highest BCUT2D eigenvalue weighted by Crippen LogP contribution is 2.69. The van der Waals surface area contributed by atoms with Crippen molar-refractivity contribution in [3.8, 4) is 5.75 Å². The number of hydrogen-bond donors (Lipinski definition) is 5. The molecule has 6 fully saturated rings. The molecule has 7 rings (SSSR count). The molecule has 1 aromatic rings. The van der Waals surface area contributed by atoms with Crippen LogP contribution in [0.4, 0.5) is 0 Å². The molecule has 0 unspecified atom stereocenters. The molecular formula is C49H77NO13. The Kier molecular flexibility index (Phi) is 15.9. The van der Waals surface area contributed by atoms with Crippen LogP contribution in [0.1, 0.15) is 123 Å². The van der Waals surface area contributed by atoms with E-state index < -0.39 is 61.1 Å². The number of benzene rings is 1. The molecule has 356 valence electrons. The van der Waals surface area contributed by atoms with Crippen LogP contribution in [0.15, 0.2) is 24.3 Å². The van der Waals surface area contributed by atoms with E-state index in [1.54, 1.807) is 12.1 Å². The minimum absolute atomic E-state index is 0.00686. The van der Waals surface area contributed by atoms with Crippen molar-refractivity contribution in [3.05, 3.63) is 29.8 Å². The third-order valence-electron chi connectivity index (χ3n) is 16.7. The highest BCUT2D eigenvalue weighted by Gasteiger charge is 2.64. The van der Waals surface area contributed by atoms with E-state index in [-0.39, 0.29) is 47.7 Å². The fourth-order valence-electron chi connectivity index (χ4n) is 13.5. The Morgan fingerprint density at radius 1 is 0.825 bits per heavy atom. The normalized spacial score (nSPS) is 42.2. The third kappa shape index (κ3) is 10.3. The van der Waals surface area contributed by atoms with Crippen molar-refractivity contribution >= 4 is 11.9 Å². The van der Waals surface area contributed by atoms with E-state index in [0.717, 1.165) is 77.3 Å². The summed E-state index contributed by atoms with van der Waals surface area (Å²) in [6.45, 7) is 14.5. The van der Waals surface area contributed by atoms with E-state index >= 15 is 0 Å². The first-order valence-electron chi connectivity index (χ1n) is 24.1. The van der Waals surface area contributed by atoms with Crippen molar-refractivity contribution in [3.63, 3.8) is 0 Å². The highest BCUT2D eigenvalue weighted by molar-refractivity contribution is 5.89. The fourth-order valence-corrected chi connectivity index (χ4v) is 13.5. The van der Waals surface area contributed by atoms with Crippen LogP contribution < -0.4 is 10.1 Å². The lowest BCUT2D eigenvalue weighted by Gasteiger charge is -2.61. The number of aliphatic hydroxyl groups is 4. The summed E-state index contributed by atoms with van der Waals surface area (Å²) < 4.78 is 42.5. The Morgan fingerprint density at radius 2 is 1.52 bits per heavy atom. The topological polar surface area (TPSA) is 192 Å². The predicted molar refractivity (Wildman–Crippen MR) is 232 cm³/mol. The van der Waals surface area contributed by atoms with Gasteiger partial charge in [-0.25, -0.2) is 4.79 Å². The summed E-state index contributed by atoms with van der Waals surface area (Å²) in [6, 6.07) is 6.21. The van der Waals surface area contributed by atoms with Gasteiger partial charge in [0.2, 0.25) is 0 Å². The Labute approximate surface area is 374 Å². The summed E-state index contributed by atoms with van der Waals surface area (Å²) in [4.78, 5) is 26.2. The van der Waals surface area contributed by atoms with Gasteiger partial charge in [0, 0.05) is 6.92 Å². The smallest absolute Gasteiger partial charge is 0.338 e. The minimum atomic E-state index is -1.59. The molecular weight excluding hydrogens is 811 g/mol. The zero-order chi connectivity index (χ0) is 45.2. The summed E-state index contributed by atoms with van der Waals surface area (Å²) in [5.74, 6) is 2.31. The zero-order valence-electron chi connectivity index (χ0n) is 38.7. The van der Waals surface area contributed by atoms with Crippen LogP contribution >= 0.6 is 0 Å². The SMILES string of the molecule is CCNC[C@H](C)CCC[C@@H](C)[C@H]1[C@@H](O[C@@H]2OC[C@H](O)[C@H](O[C@@H]3OC[C@@H](O)[C@H](O)[C@H]3OC(=O)c3ccc(OC)cc3)[C@H]2OC(C)=O)C[C@H]2[C@@H]3CC[C@H]4C[C@@H](O)CC[C@]4(C)[C@H]3CC[C@]12C. The first-order valence-corrected chi connectivity index (χ1v) is 24.1. The zero-order valence-corrected chi connectivity index (χ0v) is 38.7. The maximum Gasteiger partial charge on any atom is 0.338 e. The predicted octanol–water partition coefficient (Wildman–Crippen LogP) is 5.40. The lowest BCUT2D eigenvalue weighted by Crippen LogP contribution is -2.62. The van der Waals surface area contributed by atoms with Gasteiger partial charge >= 0.3 is 11.9 Å². The standard InChI is InChI=1S/C49H77NO13/c1-8-50-24-27(2)10-9-11-28(3)40-39(23-36-34-17-14-31-22-32(52)18-20-48(31,5)35(34)19-21-49(36,40)6)61-47-44(60-29(4)51)42(38(54)26-59-47)63-46-43(41(55)37(53)25-58-46)62-45(56)30-12-15-33(57-7)16-13-30/h12-13,15-16,27-28,31-32,34-44,46-47,50,52-55H,8-11,14,17-26H2,1-7H3/t27-,28-,31+,32+,34-,35+,36+,37-,38+,39+,40+,41+,42+,43-,44-,46+,47+,48+,49+/m1/s1. The molecule has 2 saturated heterocycles. The molecule has 14 heteroatoms. The molecule has 6 aliphatic rings. The van der Waals surface area contributed by atoms with E-state index in [1.807, 2.05) is 0 Å². The van der Waals surface area contributed by atoms with E-state index in [1.165, 1.54) is 32.6 Å². The van der Waals surface area contributed by atoms with Crippen molar-refractivity contribution in [1.82, 2.24) is 5.32 Å². The van der Waals surface area contributed by atoms with Gasteiger partial charge in [0.05, 0.1) is 38.1 Å². The number of fused-ring (bicyclic) bond motifs is 5. The molecule has 14 nitrogen and oxygen atoms in total. The number of hydrogen-bond acceptors (Lipinski definition) is 14. The Morgan fingerprint density at radius 3 is 2.22 bits per heavy atom. The maximum absolute atomic E-state index is 13.3. The van der Waals surface area contributed by atoms with Gasteiger partial charge in [-0.2, -0.15) is 0 Å². The van der Waals surface area contributed by atoms with Crippen LogP contribution in [0, 0.1) is 52.3 Å². The number of rotatable bonds is 16. The molecule has 0 radical (unpaired) electrons. The summed E-state index contributed by atoms with van der Waals surface area (Å²) in [5, 5.41) is 47.4. The third-order valence-corrected chi connectivity index (χ3v) is 16.7. The van der Waals surface area contributed by atoms with Crippen molar-refractivity contribution in [1.29, 1.82) is 0 Å². The number of esters is 2. The van der Waals surface area contributed by atoms with Crippen LogP contribution in [0.5, 0.6) is 5.75 Å². The van der Waals surface area contributed by atoms with Gasteiger partial charge in [0.15, 0.2) is 24.8 Å². The average molecular weight is 888 g/mol. The van der Waals surface area contributed by atoms with Gasteiger partial charge in [-0.05, 0) is 147 Å². The van der Waals surface area contributed by atoms with Gasteiger partial charge in [-0.3, -0.25) is 4.79 Å². The second kappa shape index (κ2) is 20.6. The molecule has 4 aliphatic carbocycles. The number of carbonyl (C=O) groups excluding carboxylic acids is 2. The van der Waals surface area contributed by atoms with Gasteiger partial charge < -0.3 is 58.9 Å². The Hall–Kier alpha value is -2.40. The number of ether oxygens (including phenoxy) is 7. The van der Waals surface area contributed by atoms with Crippen LogP contribution in [0.25, 0.3) is 0 Å². The van der Waals surface area contributed by atoms with Crippen molar-refractivity contribution in [2.75, 3.05) is 33.4 Å². The lowest BCUT2D eigenvalue weighted by molar-refractivity contribution is -0.340. The summed E-state index contributed by atoms with van der Waals surface area (Å²) in [5.41, 5.74) is 0.390. The summed E-state index contributed by atoms with van der Waals surface area (Å²) >= 11 is 0. The van der Waals surface area contributed by atoms with Gasteiger partial charge in [-0.15, -0.1) is 0 Å². The Bertz CT molecular complexity index is 1670. The van der Waals surface area contributed by atoms with Crippen molar-refractivity contribution in [2.45, 2.75) is 174 Å². The minimum Gasteiger partial charge on any atom is -0.497 e.